The number of phenolic OH excluding ortho intramolecular Hbond substituents is 1. The van der Waals surface area contributed by atoms with Crippen LogP contribution in [0.2, 0.25) is 0 Å². The summed E-state index contributed by atoms with van der Waals surface area (Å²) in [5.74, 6) is -0.00804. The van der Waals surface area contributed by atoms with Crippen LogP contribution < -0.4 is 10.1 Å². The highest BCUT2D eigenvalue weighted by atomic mass is 16.5. The van der Waals surface area contributed by atoms with Crippen LogP contribution in [0.15, 0.2) is 24.4 Å². The third-order valence-corrected chi connectivity index (χ3v) is 2.94. The fourth-order valence-corrected chi connectivity index (χ4v) is 1.92. The molecule has 2 aromatic rings. The molecule has 1 aromatic carbocycles. The molecule has 0 saturated carbocycles. The van der Waals surface area contributed by atoms with Crippen molar-refractivity contribution in [3.8, 4) is 11.5 Å². The molecule has 0 aliphatic heterocycles. The fraction of sp³-hybridized carbons (Fsp3) is 0.286. The second-order valence-corrected chi connectivity index (χ2v) is 4.35. The summed E-state index contributed by atoms with van der Waals surface area (Å²) in [5, 5.41) is 16.8. The summed E-state index contributed by atoms with van der Waals surface area (Å²) >= 11 is 0. The summed E-state index contributed by atoms with van der Waals surface area (Å²) in [6.45, 7) is 1.96. The number of hydrogen-bond donors (Lipinski definition) is 2. The number of ether oxygens (including phenoxy) is 1. The molecule has 6 nitrogen and oxygen atoms in total. The van der Waals surface area contributed by atoms with Gasteiger partial charge in [-0.25, -0.2) is 0 Å². The van der Waals surface area contributed by atoms with Crippen molar-refractivity contribution < 1.29 is 14.6 Å². The second-order valence-electron chi connectivity index (χ2n) is 4.35. The maximum atomic E-state index is 12.2. The van der Waals surface area contributed by atoms with Gasteiger partial charge in [-0.2, -0.15) is 5.10 Å². The van der Waals surface area contributed by atoms with E-state index in [2.05, 4.69) is 10.4 Å². The monoisotopic (exact) mass is 275 g/mol. The Bertz CT molecular complexity index is 635. The number of amides is 1. The number of nitrogens with one attached hydrogen (secondary N) is 1. The Balaban J connectivity index is 2.23. The number of phenols is 1. The van der Waals surface area contributed by atoms with Crippen LogP contribution in [-0.4, -0.2) is 27.9 Å². The first-order chi connectivity index (χ1) is 9.55. The molecule has 2 N–H and O–H groups in total. The van der Waals surface area contributed by atoms with E-state index in [0.717, 1.165) is 5.69 Å². The average molecular weight is 275 g/mol. The molecule has 1 aromatic heterocycles. The van der Waals surface area contributed by atoms with Gasteiger partial charge < -0.3 is 15.2 Å². The SMILES string of the molecule is CCc1nn(C)cc1NC(=O)c1ccc(OC)cc1O. The normalized spacial score (nSPS) is 10.3. The lowest BCUT2D eigenvalue weighted by atomic mass is 10.1. The van der Waals surface area contributed by atoms with Gasteiger partial charge in [0.1, 0.15) is 11.5 Å². The van der Waals surface area contributed by atoms with Gasteiger partial charge in [-0.05, 0) is 18.6 Å². The number of anilines is 1. The van der Waals surface area contributed by atoms with Crippen molar-refractivity contribution in [2.24, 2.45) is 7.05 Å². The van der Waals surface area contributed by atoms with Crippen molar-refractivity contribution >= 4 is 11.6 Å². The Morgan fingerprint density at radius 3 is 2.85 bits per heavy atom. The van der Waals surface area contributed by atoms with Crippen LogP contribution in [0.25, 0.3) is 0 Å². The molecule has 0 aliphatic carbocycles. The van der Waals surface area contributed by atoms with Crippen LogP contribution in [0.5, 0.6) is 11.5 Å². The summed E-state index contributed by atoms with van der Waals surface area (Å²) in [4.78, 5) is 12.2. The van der Waals surface area contributed by atoms with E-state index in [1.54, 1.807) is 24.0 Å². The van der Waals surface area contributed by atoms with Crippen molar-refractivity contribution in [3.05, 3.63) is 35.7 Å². The van der Waals surface area contributed by atoms with Gasteiger partial charge in [0.15, 0.2) is 0 Å². The Kier molecular flexibility index (Phi) is 3.93. The molecule has 6 heteroatoms. The number of aryl methyl sites for hydroxylation is 2. The minimum absolute atomic E-state index is 0.121. The average Bonchev–Trinajstić information content (AvgIpc) is 2.78. The van der Waals surface area contributed by atoms with Gasteiger partial charge in [-0.15, -0.1) is 0 Å². The Morgan fingerprint density at radius 1 is 1.50 bits per heavy atom. The number of rotatable bonds is 4. The highest BCUT2D eigenvalue weighted by Crippen LogP contribution is 2.24. The highest BCUT2D eigenvalue weighted by molar-refractivity contribution is 6.06. The van der Waals surface area contributed by atoms with E-state index in [9.17, 15) is 9.90 Å². The third-order valence-electron chi connectivity index (χ3n) is 2.94. The lowest BCUT2D eigenvalue weighted by Crippen LogP contribution is -2.12. The Morgan fingerprint density at radius 2 is 2.25 bits per heavy atom. The minimum atomic E-state index is -0.382. The minimum Gasteiger partial charge on any atom is -0.507 e. The summed E-state index contributed by atoms with van der Waals surface area (Å²) in [5.41, 5.74) is 1.64. The van der Waals surface area contributed by atoms with Crippen LogP contribution in [0, 0.1) is 0 Å². The van der Waals surface area contributed by atoms with E-state index in [0.29, 0.717) is 17.9 Å². The molecule has 1 amide bonds. The first-order valence-corrected chi connectivity index (χ1v) is 6.26. The quantitative estimate of drug-likeness (QED) is 0.894. The molecule has 1 heterocycles. The molecule has 0 bridgehead atoms. The topological polar surface area (TPSA) is 76.4 Å². The van der Waals surface area contributed by atoms with Crippen molar-refractivity contribution in [2.45, 2.75) is 13.3 Å². The smallest absolute Gasteiger partial charge is 0.259 e. The van der Waals surface area contributed by atoms with Gasteiger partial charge in [-0.3, -0.25) is 9.48 Å². The zero-order valence-electron chi connectivity index (χ0n) is 11.7. The van der Waals surface area contributed by atoms with Crippen LogP contribution >= 0.6 is 0 Å². The van der Waals surface area contributed by atoms with Gasteiger partial charge in [0.05, 0.1) is 24.1 Å². The van der Waals surface area contributed by atoms with Gasteiger partial charge in [0, 0.05) is 19.3 Å². The van der Waals surface area contributed by atoms with E-state index in [-0.39, 0.29) is 17.2 Å². The molecule has 2 rings (SSSR count). The maximum Gasteiger partial charge on any atom is 0.259 e. The third kappa shape index (κ3) is 2.74. The molecular formula is C14H17N3O3. The van der Waals surface area contributed by atoms with Crippen molar-refractivity contribution in [1.82, 2.24) is 9.78 Å². The molecular weight excluding hydrogens is 258 g/mol. The standard InChI is InChI=1S/C14H17N3O3/c1-4-11-12(8-17(2)16-11)15-14(19)10-6-5-9(20-3)7-13(10)18/h5-8,18H,4H2,1-3H3,(H,15,19). The molecule has 0 saturated heterocycles. The van der Waals surface area contributed by atoms with Crippen LogP contribution in [-0.2, 0) is 13.5 Å². The zero-order chi connectivity index (χ0) is 14.7. The molecule has 0 radical (unpaired) electrons. The van der Waals surface area contributed by atoms with E-state index in [1.807, 2.05) is 6.92 Å². The molecule has 106 valence electrons. The lowest BCUT2D eigenvalue weighted by molar-refractivity contribution is 0.102. The van der Waals surface area contributed by atoms with E-state index in [4.69, 9.17) is 4.74 Å². The van der Waals surface area contributed by atoms with Gasteiger partial charge in [-0.1, -0.05) is 6.92 Å². The number of aromatic hydroxyl groups is 1. The number of nitrogens with zero attached hydrogens (tertiary/aromatic N) is 2. The van der Waals surface area contributed by atoms with E-state index < -0.39 is 0 Å². The molecule has 0 unspecified atom stereocenters. The summed E-state index contributed by atoms with van der Waals surface area (Å²) in [6, 6.07) is 4.54. The summed E-state index contributed by atoms with van der Waals surface area (Å²) in [7, 11) is 3.29. The van der Waals surface area contributed by atoms with Gasteiger partial charge in [0.25, 0.3) is 5.91 Å². The highest BCUT2D eigenvalue weighted by Gasteiger charge is 2.15. The van der Waals surface area contributed by atoms with Crippen molar-refractivity contribution in [1.29, 1.82) is 0 Å². The predicted octanol–water partition coefficient (Wildman–Crippen LogP) is 1.95. The second kappa shape index (κ2) is 5.64. The fourth-order valence-electron chi connectivity index (χ4n) is 1.92. The van der Waals surface area contributed by atoms with E-state index >= 15 is 0 Å². The zero-order valence-corrected chi connectivity index (χ0v) is 11.7. The number of methoxy groups -OCH3 is 1. The van der Waals surface area contributed by atoms with Gasteiger partial charge >= 0.3 is 0 Å². The van der Waals surface area contributed by atoms with Crippen LogP contribution in [0.1, 0.15) is 23.0 Å². The maximum absolute atomic E-state index is 12.2. The molecule has 0 aliphatic rings. The molecule has 20 heavy (non-hydrogen) atoms. The first kappa shape index (κ1) is 13.9. The largest absolute Gasteiger partial charge is 0.507 e. The predicted molar refractivity (Wildman–Crippen MR) is 75.2 cm³/mol. The summed E-state index contributed by atoms with van der Waals surface area (Å²) in [6.07, 6.45) is 2.45. The van der Waals surface area contributed by atoms with Crippen LogP contribution in [0.3, 0.4) is 0 Å². The number of carbonyl (C=O) groups excluding carboxylic acids is 1. The molecule has 0 fully saturated rings. The van der Waals surface area contributed by atoms with Crippen molar-refractivity contribution in [3.63, 3.8) is 0 Å². The number of aromatic nitrogens is 2. The first-order valence-electron chi connectivity index (χ1n) is 6.26. The number of hydrogen-bond acceptors (Lipinski definition) is 4. The molecule has 0 spiro atoms. The Labute approximate surface area is 117 Å². The van der Waals surface area contributed by atoms with Crippen molar-refractivity contribution in [2.75, 3.05) is 12.4 Å². The van der Waals surface area contributed by atoms with Crippen LogP contribution in [0.4, 0.5) is 5.69 Å². The number of carbonyl (C=O) groups is 1. The number of benzene rings is 1. The molecule has 0 atom stereocenters. The van der Waals surface area contributed by atoms with Gasteiger partial charge in [0.2, 0.25) is 0 Å². The Hall–Kier alpha value is -2.50. The lowest BCUT2D eigenvalue weighted by Gasteiger charge is -2.07. The van der Waals surface area contributed by atoms with E-state index in [1.165, 1.54) is 19.2 Å². The summed E-state index contributed by atoms with van der Waals surface area (Å²) < 4.78 is 6.62.